The number of imidazole rings is 1. The van der Waals surface area contributed by atoms with Crippen molar-refractivity contribution in [1.29, 1.82) is 0 Å². The minimum absolute atomic E-state index is 0.665. The largest absolute Gasteiger partial charge is 0.384 e. The van der Waals surface area contributed by atoms with Crippen molar-refractivity contribution in [3.05, 3.63) is 67.0 Å². The Labute approximate surface area is 145 Å². The molecule has 4 rings (SSSR count). The molecule has 0 aliphatic heterocycles. The molecule has 0 radical (unpaired) electrons. The molecule has 0 amide bonds. The lowest BCUT2D eigenvalue weighted by atomic mass is 10.1. The highest BCUT2D eigenvalue weighted by molar-refractivity contribution is 5.79. The number of aromatic nitrogens is 5. The van der Waals surface area contributed by atoms with Gasteiger partial charge in [-0.15, -0.1) is 0 Å². The SMILES string of the molecule is COCCc1ccc(-c2cnc3c(-c4ccncc4)ccnn23)cn1. The van der Waals surface area contributed by atoms with Gasteiger partial charge in [-0.05, 0) is 35.9 Å². The smallest absolute Gasteiger partial charge is 0.162 e. The minimum Gasteiger partial charge on any atom is -0.384 e. The standard InChI is InChI=1S/C19H17N5O/c1-25-11-7-16-3-2-15(12-21-16)18-13-22-19-17(6-10-23-24(18)19)14-4-8-20-9-5-14/h2-6,8-10,12-13H,7,11H2,1H3. The van der Waals surface area contributed by atoms with Crippen molar-refractivity contribution in [2.75, 3.05) is 13.7 Å². The van der Waals surface area contributed by atoms with Crippen LogP contribution >= 0.6 is 0 Å². The summed E-state index contributed by atoms with van der Waals surface area (Å²) >= 11 is 0. The fourth-order valence-corrected chi connectivity index (χ4v) is 2.78. The molecule has 6 heteroatoms. The maximum atomic E-state index is 5.09. The van der Waals surface area contributed by atoms with E-state index in [9.17, 15) is 0 Å². The molecule has 0 saturated carbocycles. The molecule has 25 heavy (non-hydrogen) atoms. The zero-order valence-electron chi connectivity index (χ0n) is 13.8. The van der Waals surface area contributed by atoms with Gasteiger partial charge in [0, 0.05) is 55.1 Å². The number of hydrogen-bond donors (Lipinski definition) is 0. The summed E-state index contributed by atoms with van der Waals surface area (Å²) in [6.07, 6.45) is 9.83. The normalized spacial score (nSPS) is 11.1. The van der Waals surface area contributed by atoms with Crippen LogP contribution in [0.2, 0.25) is 0 Å². The molecule has 4 aromatic heterocycles. The van der Waals surface area contributed by atoms with Gasteiger partial charge in [0.05, 0.1) is 18.5 Å². The Bertz CT molecular complexity index is 980. The van der Waals surface area contributed by atoms with Gasteiger partial charge < -0.3 is 4.74 Å². The predicted octanol–water partition coefficient (Wildman–Crippen LogP) is 3.04. The van der Waals surface area contributed by atoms with E-state index in [2.05, 4.69) is 20.1 Å². The predicted molar refractivity (Wildman–Crippen MR) is 95.0 cm³/mol. The molecular formula is C19H17N5O. The zero-order chi connectivity index (χ0) is 17.1. The molecule has 0 bridgehead atoms. The lowest BCUT2D eigenvalue weighted by Gasteiger charge is -2.05. The van der Waals surface area contributed by atoms with Crippen molar-refractivity contribution >= 4 is 5.65 Å². The van der Waals surface area contributed by atoms with Crippen molar-refractivity contribution in [3.8, 4) is 22.4 Å². The lowest BCUT2D eigenvalue weighted by molar-refractivity contribution is 0.201. The number of methoxy groups -OCH3 is 1. The van der Waals surface area contributed by atoms with E-state index in [4.69, 9.17) is 4.74 Å². The van der Waals surface area contributed by atoms with E-state index in [-0.39, 0.29) is 0 Å². The molecule has 0 atom stereocenters. The minimum atomic E-state index is 0.665. The highest BCUT2D eigenvalue weighted by Crippen LogP contribution is 2.26. The van der Waals surface area contributed by atoms with E-state index in [1.807, 2.05) is 47.2 Å². The molecule has 0 aliphatic rings. The van der Waals surface area contributed by atoms with Gasteiger partial charge in [0.25, 0.3) is 0 Å². The van der Waals surface area contributed by atoms with Gasteiger partial charge >= 0.3 is 0 Å². The molecule has 0 aromatic carbocycles. The first kappa shape index (κ1) is 15.4. The average Bonchev–Trinajstić information content (AvgIpc) is 3.11. The fourth-order valence-electron chi connectivity index (χ4n) is 2.78. The van der Waals surface area contributed by atoms with Gasteiger partial charge in [0.15, 0.2) is 5.65 Å². The summed E-state index contributed by atoms with van der Waals surface area (Å²) in [6.45, 7) is 0.665. The van der Waals surface area contributed by atoms with Crippen molar-refractivity contribution in [3.63, 3.8) is 0 Å². The summed E-state index contributed by atoms with van der Waals surface area (Å²) in [7, 11) is 1.69. The van der Waals surface area contributed by atoms with E-state index in [1.54, 1.807) is 25.7 Å². The molecule has 6 nitrogen and oxygen atoms in total. The molecule has 4 aromatic rings. The summed E-state index contributed by atoms with van der Waals surface area (Å²) in [6, 6.07) is 9.96. The number of fused-ring (bicyclic) bond motifs is 1. The van der Waals surface area contributed by atoms with Crippen LogP contribution in [-0.4, -0.2) is 38.3 Å². The highest BCUT2D eigenvalue weighted by atomic mass is 16.5. The van der Waals surface area contributed by atoms with Crippen molar-refractivity contribution < 1.29 is 4.74 Å². The molecule has 0 spiro atoms. The Morgan fingerprint density at radius 2 is 1.80 bits per heavy atom. The van der Waals surface area contributed by atoms with Crippen molar-refractivity contribution in [2.24, 2.45) is 0 Å². The molecule has 0 N–H and O–H groups in total. The topological polar surface area (TPSA) is 65.2 Å². The molecule has 0 aliphatic carbocycles. The Kier molecular flexibility index (Phi) is 4.18. The number of nitrogens with zero attached hydrogens (tertiary/aromatic N) is 5. The van der Waals surface area contributed by atoms with Gasteiger partial charge in [-0.3, -0.25) is 9.97 Å². The maximum Gasteiger partial charge on any atom is 0.162 e. The van der Waals surface area contributed by atoms with Crippen LogP contribution in [0.15, 0.2) is 61.3 Å². The average molecular weight is 331 g/mol. The Morgan fingerprint density at radius 1 is 0.920 bits per heavy atom. The number of pyridine rings is 2. The maximum absolute atomic E-state index is 5.09. The summed E-state index contributed by atoms with van der Waals surface area (Å²) in [5, 5.41) is 4.47. The van der Waals surface area contributed by atoms with Crippen LogP contribution in [0, 0.1) is 0 Å². The second-order valence-electron chi connectivity index (χ2n) is 5.64. The Morgan fingerprint density at radius 3 is 2.56 bits per heavy atom. The van der Waals surface area contributed by atoms with Crippen LogP contribution < -0.4 is 0 Å². The zero-order valence-corrected chi connectivity index (χ0v) is 13.8. The van der Waals surface area contributed by atoms with Crippen LogP contribution in [0.3, 0.4) is 0 Å². The first-order valence-corrected chi connectivity index (χ1v) is 8.04. The third-order valence-corrected chi connectivity index (χ3v) is 4.08. The number of ether oxygens (including phenoxy) is 1. The van der Waals surface area contributed by atoms with Crippen molar-refractivity contribution in [2.45, 2.75) is 6.42 Å². The fraction of sp³-hybridized carbons (Fsp3) is 0.158. The first-order chi connectivity index (χ1) is 12.4. The van der Waals surface area contributed by atoms with E-state index in [0.29, 0.717) is 6.61 Å². The molecular weight excluding hydrogens is 314 g/mol. The molecule has 0 saturated heterocycles. The second-order valence-corrected chi connectivity index (χ2v) is 5.64. The third-order valence-electron chi connectivity index (χ3n) is 4.08. The second kappa shape index (κ2) is 6.78. The molecule has 0 unspecified atom stereocenters. The van der Waals surface area contributed by atoms with Crippen LogP contribution in [0.4, 0.5) is 0 Å². The van der Waals surface area contributed by atoms with Crippen LogP contribution in [0.5, 0.6) is 0 Å². The first-order valence-electron chi connectivity index (χ1n) is 8.04. The van der Waals surface area contributed by atoms with Crippen LogP contribution in [0.25, 0.3) is 28.0 Å². The molecule has 0 fully saturated rings. The van der Waals surface area contributed by atoms with Gasteiger partial charge in [-0.25, -0.2) is 9.50 Å². The third kappa shape index (κ3) is 2.99. The summed E-state index contributed by atoms with van der Waals surface area (Å²) in [5.74, 6) is 0. The molecule has 124 valence electrons. The van der Waals surface area contributed by atoms with E-state index in [1.165, 1.54) is 0 Å². The summed E-state index contributed by atoms with van der Waals surface area (Å²) < 4.78 is 6.94. The number of rotatable bonds is 5. The number of hydrogen-bond acceptors (Lipinski definition) is 5. The highest BCUT2D eigenvalue weighted by Gasteiger charge is 2.12. The van der Waals surface area contributed by atoms with Gasteiger partial charge in [0.2, 0.25) is 0 Å². The quantitative estimate of drug-likeness (QED) is 0.562. The van der Waals surface area contributed by atoms with E-state index < -0.39 is 0 Å². The van der Waals surface area contributed by atoms with Gasteiger partial charge in [0.1, 0.15) is 0 Å². The van der Waals surface area contributed by atoms with Crippen molar-refractivity contribution in [1.82, 2.24) is 24.6 Å². The van der Waals surface area contributed by atoms with Crippen LogP contribution in [-0.2, 0) is 11.2 Å². The Balaban J connectivity index is 1.74. The Hall–Kier alpha value is -3.12. The lowest BCUT2D eigenvalue weighted by Crippen LogP contribution is -1.98. The monoisotopic (exact) mass is 331 g/mol. The van der Waals surface area contributed by atoms with Gasteiger partial charge in [-0.2, -0.15) is 5.10 Å². The summed E-state index contributed by atoms with van der Waals surface area (Å²) in [5.41, 5.74) is 5.79. The summed E-state index contributed by atoms with van der Waals surface area (Å²) in [4.78, 5) is 13.2. The molecule has 4 heterocycles. The van der Waals surface area contributed by atoms with Gasteiger partial charge in [-0.1, -0.05) is 0 Å². The van der Waals surface area contributed by atoms with E-state index >= 15 is 0 Å². The van der Waals surface area contributed by atoms with Crippen LogP contribution in [0.1, 0.15) is 5.69 Å². The van der Waals surface area contributed by atoms with E-state index in [0.717, 1.165) is 40.1 Å².